The lowest BCUT2D eigenvalue weighted by molar-refractivity contribution is -0.138. The summed E-state index contributed by atoms with van der Waals surface area (Å²) in [6.45, 7) is -0.169. The van der Waals surface area contributed by atoms with Crippen LogP contribution in [0.3, 0.4) is 0 Å². The molecule has 0 spiro atoms. The number of aliphatic hydroxyl groups excluding tert-OH is 1. The number of anilines is 1. The molecule has 2 N–H and O–H groups in total. The lowest BCUT2D eigenvalue weighted by Crippen LogP contribution is -2.22. The van der Waals surface area contributed by atoms with Gasteiger partial charge >= 0.3 is 6.18 Å². The average molecular weight is 429 g/mol. The number of hydrogen-bond acceptors (Lipinski definition) is 2. The fourth-order valence-electron chi connectivity index (χ4n) is 1.29. The molecule has 0 aliphatic heterocycles. The van der Waals surface area contributed by atoms with Crippen molar-refractivity contribution >= 4 is 49.1 Å². The summed E-state index contributed by atoms with van der Waals surface area (Å²) in [7, 11) is 0. The van der Waals surface area contributed by atoms with Crippen molar-refractivity contribution in [3.63, 3.8) is 0 Å². The van der Waals surface area contributed by atoms with Gasteiger partial charge in [-0.1, -0.05) is 15.9 Å². The molecule has 0 aromatic heterocycles. The van der Waals surface area contributed by atoms with Crippen LogP contribution in [0.25, 0.3) is 0 Å². The Labute approximate surface area is 128 Å². The molecule has 19 heavy (non-hydrogen) atoms. The van der Waals surface area contributed by atoms with Gasteiger partial charge in [0.25, 0.3) is 0 Å². The van der Waals surface area contributed by atoms with Gasteiger partial charge in [0.15, 0.2) is 0 Å². The zero-order valence-electron chi connectivity index (χ0n) is 9.16. The third kappa shape index (κ3) is 4.21. The smallest absolute Gasteiger partial charge is 0.390 e. The molecule has 1 unspecified atom stereocenters. The first kappa shape index (κ1) is 17.0. The average Bonchev–Trinajstić information content (AvgIpc) is 2.25. The third-order valence-corrected chi connectivity index (χ3v) is 3.92. The van der Waals surface area contributed by atoms with E-state index >= 15 is 0 Å². The summed E-state index contributed by atoms with van der Waals surface area (Å²) < 4.78 is 51.2. The van der Waals surface area contributed by atoms with Crippen molar-refractivity contribution in [3.8, 4) is 0 Å². The minimum absolute atomic E-state index is 0.116. The van der Waals surface area contributed by atoms with E-state index in [1.165, 1.54) is 0 Å². The van der Waals surface area contributed by atoms with Crippen LogP contribution in [-0.4, -0.2) is 23.6 Å². The Bertz CT molecular complexity index is 470. The second-order valence-electron chi connectivity index (χ2n) is 3.59. The van der Waals surface area contributed by atoms with Crippen LogP contribution in [-0.2, 0) is 6.18 Å². The number of benzene rings is 1. The number of alkyl halides is 4. The van der Waals surface area contributed by atoms with Gasteiger partial charge in [-0.2, -0.15) is 13.2 Å². The maximum Gasteiger partial charge on any atom is 0.418 e. The largest absolute Gasteiger partial charge is 0.418 e. The predicted octanol–water partition coefficient (Wildman–Crippen LogP) is 4.38. The standard InChI is InChI=1S/C10H8Br2ClF4NO/c11-5-1-6(14)9(18-3-4(19)2-13)8(12)7(5)10(15,16)17/h1,4,18-19H,2-3H2. The molecule has 0 bridgehead atoms. The second kappa shape index (κ2) is 6.60. The normalized spacial score (nSPS) is 13.5. The summed E-state index contributed by atoms with van der Waals surface area (Å²) in [4.78, 5) is 0. The minimum atomic E-state index is -4.65. The SMILES string of the molecule is OC(CCl)CNc1c(F)cc(Br)c(C(F)(F)F)c1Br. The summed E-state index contributed by atoms with van der Waals surface area (Å²) in [5, 5.41) is 11.6. The molecule has 0 saturated heterocycles. The van der Waals surface area contributed by atoms with E-state index < -0.39 is 32.6 Å². The molecular formula is C10H8Br2ClF4NO. The van der Waals surface area contributed by atoms with E-state index in [0.29, 0.717) is 6.07 Å². The van der Waals surface area contributed by atoms with E-state index in [1.54, 1.807) is 0 Å². The van der Waals surface area contributed by atoms with Crippen LogP contribution >= 0.6 is 43.5 Å². The van der Waals surface area contributed by atoms with Crippen LogP contribution in [0, 0.1) is 5.82 Å². The highest BCUT2D eigenvalue weighted by molar-refractivity contribution is 9.11. The van der Waals surface area contributed by atoms with Crippen molar-refractivity contribution in [2.45, 2.75) is 12.3 Å². The van der Waals surface area contributed by atoms with E-state index in [0.717, 1.165) is 0 Å². The molecule has 0 aliphatic carbocycles. The van der Waals surface area contributed by atoms with Crippen molar-refractivity contribution in [1.82, 2.24) is 0 Å². The molecule has 0 fully saturated rings. The van der Waals surface area contributed by atoms with E-state index in [-0.39, 0.29) is 18.1 Å². The molecule has 1 aromatic carbocycles. The van der Waals surface area contributed by atoms with E-state index in [2.05, 4.69) is 37.2 Å². The summed E-state index contributed by atoms with van der Waals surface area (Å²) in [5.74, 6) is -0.997. The highest BCUT2D eigenvalue weighted by Gasteiger charge is 2.37. The Morgan fingerprint density at radius 2 is 1.95 bits per heavy atom. The minimum Gasteiger partial charge on any atom is -0.390 e. The number of nitrogens with one attached hydrogen (secondary N) is 1. The molecular weight excluding hydrogens is 421 g/mol. The number of rotatable bonds is 4. The van der Waals surface area contributed by atoms with E-state index in [1.807, 2.05) is 0 Å². The van der Waals surface area contributed by atoms with Crippen molar-refractivity contribution in [3.05, 3.63) is 26.4 Å². The topological polar surface area (TPSA) is 32.3 Å². The van der Waals surface area contributed by atoms with Crippen molar-refractivity contribution in [2.24, 2.45) is 0 Å². The molecule has 2 nitrogen and oxygen atoms in total. The van der Waals surface area contributed by atoms with Gasteiger partial charge in [0.05, 0.1) is 27.7 Å². The molecule has 0 saturated carbocycles. The first-order valence-corrected chi connectivity index (χ1v) is 7.03. The summed E-state index contributed by atoms with van der Waals surface area (Å²) in [6.07, 6.45) is -5.64. The van der Waals surface area contributed by atoms with Gasteiger partial charge in [-0.25, -0.2) is 4.39 Å². The van der Waals surface area contributed by atoms with Gasteiger partial charge in [0, 0.05) is 11.0 Å². The van der Waals surface area contributed by atoms with Gasteiger partial charge < -0.3 is 10.4 Å². The van der Waals surface area contributed by atoms with Gasteiger partial charge in [-0.15, -0.1) is 11.6 Å². The highest BCUT2D eigenvalue weighted by atomic mass is 79.9. The lowest BCUT2D eigenvalue weighted by Gasteiger charge is -2.17. The number of hydrogen-bond donors (Lipinski definition) is 2. The van der Waals surface area contributed by atoms with Crippen LogP contribution in [0.15, 0.2) is 15.0 Å². The molecule has 0 heterocycles. The fraction of sp³-hybridized carbons (Fsp3) is 0.400. The monoisotopic (exact) mass is 427 g/mol. The Hall–Kier alpha value is -0.0500. The third-order valence-electron chi connectivity index (χ3n) is 2.15. The lowest BCUT2D eigenvalue weighted by atomic mass is 10.2. The molecule has 1 rings (SSSR count). The van der Waals surface area contributed by atoms with Crippen molar-refractivity contribution in [1.29, 1.82) is 0 Å². The molecule has 108 valence electrons. The Balaban J connectivity index is 3.18. The maximum atomic E-state index is 13.6. The molecule has 0 radical (unpaired) electrons. The number of halogens is 7. The molecule has 1 aromatic rings. The van der Waals surface area contributed by atoms with E-state index in [9.17, 15) is 22.7 Å². The number of aliphatic hydroxyl groups is 1. The second-order valence-corrected chi connectivity index (χ2v) is 5.55. The highest BCUT2D eigenvalue weighted by Crippen LogP contribution is 2.44. The van der Waals surface area contributed by atoms with Gasteiger partial charge in [-0.3, -0.25) is 0 Å². The first-order chi connectivity index (χ1) is 8.68. The molecule has 1 atom stereocenters. The van der Waals surface area contributed by atoms with Crippen molar-refractivity contribution in [2.75, 3.05) is 17.7 Å². The Morgan fingerprint density at radius 3 is 2.42 bits per heavy atom. The zero-order chi connectivity index (χ0) is 14.8. The molecule has 0 amide bonds. The fourth-order valence-corrected chi connectivity index (χ4v) is 3.05. The first-order valence-electron chi connectivity index (χ1n) is 4.91. The maximum absolute atomic E-state index is 13.6. The van der Waals surface area contributed by atoms with Crippen molar-refractivity contribution < 1.29 is 22.7 Å². The Kier molecular flexibility index (Phi) is 5.91. The summed E-state index contributed by atoms with van der Waals surface area (Å²) in [6, 6.07) is 0.711. The van der Waals surface area contributed by atoms with Crippen LogP contribution in [0.2, 0.25) is 0 Å². The quantitative estimate of drug-likeness (QED) is 0.550. The Morgan fingerprint density at radius 1 is 1.37 bits per heavy atom. The van der Waals surface area contributed by atoms with Crippen LogP contribution in [0.1, 0.15) is 5.56 Å². The van der Waals surface area contributed by atoms with Gasteiger partial charge in [-0.05, 0) is 22.0 Å². The molecule has 9 heteroatoms. The van der Waals surface area contributed by atoms with E-state index in [4.69, 9.17) is 11.6 Å². The molecule has 0 aliphatic rings. The van der Waals surface area contributed by atoms with Crippen LogP contribution < -0.4 is 5.32 Å². The summed E-state index contributed by atoms with van der Waals surface area (Å²) in [5.41, 5.74) is -1.41. The van der Waals surface area contributed by atoms with Crippen LogP contribution in [0.5, 0.6) is 0 Å². The summed E-state index contributed by atoms with van der Waals surface area (Å²) >= 11 is 10.7. The van der Waals surface area contributed by atoms with Gasteiger partial charge in [0.2, 0.25) is 0 Å². The van der Waals surface area contributed by atoms with Crippen LogP contribution in [0.4, 0.5) is 23.2 Å². The zero-order valence-corrected chi connectivity index (χ0v) is 13.1. The van der Waals surface area contributed by atoms with Gasteiger partial charge in [0.1, 0.15) is 5.82 Å². The predicted molar refractivity (Wildman–Crippen MR) is 72.0 cm³/mol.